The first-order valence-corrected chi connectivity index (χ1v) is 7.11. The topological polar surface area (TPSA) is 33.1 Å². The number of imidazole rings is 1. The van der Waals surface area contributed by atoms with Crippen molar-refractivity contribution in [3.05, 3.63) is 18.2 Å². The van der Waals surface area contributed by atoms with E-state index in [4.69, 9.17) is 0 Å². The Kier molecular flexibility index (Phi) is 5.20. The van der Waals surface area contributed by atoms with Crippen molar-refractivity contribution < 1.29 is 0 Å². The van der Waals surface area contributed by atoms with E-state index in [9.17, 15) is 0 Å². The molecule has 1 heterocycles. The third-order valence-electron chi connectivity index (χ3n) is 3.91. The molecular formula is C14H26N4. The van der Waals surface area contributed by atoms with E-state index in [1.165, 1.54) is 32.2 Å². The molecule has 2 rings (SSSR count). The van der Waals surface area contributed by atoms with E-state index in [-0.39, 0.29) is 0 Å². The SMILES string of the molecule is CN(CCNCC1CCCC1)Cc1nccn1C. The molecule has 1 N–H and O–H groups in total. The first kappa shape index (κ1) is 13.6. The van der Waals surface area contributed by atoms with Gasteiger partial charge in [0.1, 0.15) is 5.82 Å². The third kappa shape index (κ3) is 4.10. The minimum atomic E-state index is 0.925. The number of nitrogens with one attached hydrogen (secondary N) is 1. The molecule has 0 radical (unpaired) electrons. The lowest BCUT2D eigenvalue weighted by Gasteiger charge is -2.17. The van der Waals surface area contributed by atoms with Gasteiger partial charge < -0.3 is 9.88 Å². The monoisotopic (exact) mass is 250 g/mol. The molecule has 0 saturated heterocycles. The van der Waals surface area contributed by atoms with Gasteiger partial charge in [0, 0.05) is 32.5 Å². The van der Waals surface area contributed by atoms with E-state index in [0.717, 1.165) is 31.4 Å². The van der Waals surface area contributed by atoms with Gasteiger partial charge in [-0.1, -0.05) is 12.8 Å². The van der Waals surface area contributed by atoms with E-state index in [0.29, 0.717) is 0 Å². The van der Waals surface area contributed by atoms with Crippen LogP contribution in [-0.2, 0) is 13.6 Å². The van der Waals surface area contributed by atoms with Crippen molar-refractivity contribution >= 4 is 0 Å². The van der Waals surface area contributed by atoms with Crippen molar-refractivity contribution in [2.24, 2.45) is 13.0 Å². The molecule has 4 nitrogen and oxygen atoms in total. The minimum absolute atomic E-state index is 0.925. The van der Waals surface area contributed by atoms with Gasteiger partial charge in [0.05, 0.1) is 6.54 Å². The maximum absolute atomic E-state index is 4.35. The zero-order valence-electron chi connectivity index (χ0n) is 11.7. The lowest BCUT2D eigenvalue weighted by molar-refractivity contribution is 0.309. The summed E-state index contributed by atoms with van der Waals surface area (Å²) in [4.78, 5) is 6.67. The molecule has 1 aliphatic rings. The molecule has 1 fully saturated rings. The normalized spacial score (nSPS) is 16.8. The molecule has 0 amide bonds. The number of hydrogen-bond donors (Lipinski definition) is 1. The van der Waals surface area contributed by atoms with Crippen LogP contribution in [0, 0.1) is 5.92 Å². The largest absolute Gasteiger partial charge is 0.337 e. The van der Waals surface area contributed by atoms with Crippen molar-refractivity contribution in [3.8, 4) is 0 Å². The van der Waals surface area contributed by atoms with E-state index >= 15 is 0 Å². The first-order valence-electron chi connectivity index (χ1n) is 7.11. The van der Waals surface area contributed by atoms with Crippen molar-refractivity contribution in [1.29, 1.82) is 0 Å². The maximum atomic E-state index is 4.35. The molecule has 0 spiro atoms. The van der Waals surface area contributed by atoms with Crippen LogP contribution in [0.4, 0.5) is 0 Å². The van der Waals surface area contributed by atoms with Crippen LogP contribution in [0.2, 0.25) is 0 Å². The second-order valence-corrected chi connectivity index (χ2v) is 5.55. The highest BCUT2D eigenvalue weighted by atomic mass is 15.2. The number of aromatic nitrogens is 2. The van der Waals surface area contributed by atoms with Crippen LogP contribution in [0.5, 0.6) is 0 Å². The Morgan fingerprint density at radius 2 is 2.22 bits per heavy atom. The molecule has 18 heavy (non-hydrogen) atoms. The Morgan fingerprint density at radius 3 is 2.89 bits per heavy atom. The van der Waals surface area contributed by atoms with Gasteiger partial charge >= 0.3 is 0 Å². The first-order chi connectivity index (χ1) is 8.75. The summed E-state index contributed by atoms with van der Waals surface area (Å²) >= 11 is 0. The van der Waals surface area contributed by atoms with Crippen molar-refractivity contribution in [1.82, 2.24) is 19.8 Å². The van der Waals surface area contributed by atoms with Crippen molar-refractivity contribution in [2.75, 3.05) is 26.7 Å². The third-order valence-corrected chi connectivity index (χ3v) is 3.91. The van der Waals surface area contributed by atoms with Crippen LogP contribution in [0.3, 0.4) is 0 Å². The number of nitrogens with zero attached hydrogens (tertiary/aromatic N) is 3. The Bertz CT molecular complexity index is 341. The molecule has 0 bridgehead atoms. The minimum Gasteiger partial charge on any atom is -0.337 e. The quantitative estimate of drug-likeness (QED) is 0.747. The Labute approximate surface area is 110 Å². The summed E-state index contributed by atoms with van der Waals surface area (Å²) in [6.45, 7) is 4.29. The van der Waals surface area contributed by atoms with Crippen molar-refractivity contribution in [2.45, 2.75) is 32.2 Å². The van der Waals surface area contributed by atoms with Gasteiger partial charge in [-0.2, -0.15) is 0 Å². The molecule has 0 aromatic carbocycles. The van der Waals surface area contributed by atoms with E-state index in [1.807, 2.05) is 12.4 Å². The summed E-state index contributed by atoms with van der Waals surface area (Å²) in [7, 11) is 4.21. The Morgan fingerprint density at radius 1 is 1.44 bits per heavy atom. The number of aryl methyl sites for hydroxylation is 1. The van der Waals surface area contributed by atoms with Gasteiger partial charge in [-0.05, 0) is 32.4 Å². The van der Waals surface area contributed by atoms with Crippen LogP contribution in [-0.4, -0.2) is 41.1 Å². The highest BCUT2D eigenvalue weighted by Gasteiger charge is 2.13. The summed E-state index contributed by atoms with van der Waals surface area (Å²) in [5.41, 5.74) is 0. The van der Waals surface area contributed by atoms with Gasteiger partial charge in [0.25, 0.3) is 0 Å². The number of rotatable bonds is 7. The zero-order chi connectivity index (χ0) is 12.8. The fourth-order valence-electron chi connectivity index (χ4n) is 2.66. The summed E-state index contributed by atoms with van der Waals surface area (Å²) in [6, 6.07) is 0. The number of likely N-dealkylation sites (N-methyl/N-ethyl adjacent to an activating group) is 1. The highest BCUT2D eigenvalue weighted by molar-refractivity contribution is 4.90. The van der Waals surface area contributed by atoms with Crippen LogP contribution in [0.1, 0.15) is 31.5 Å². The fourth-order valence-corrected chi connectivity index (χ4v) is 2.66. The van der Waals surface area contributed by atoms with Gasteiger partial charge in [0.15, 0.2) is 0 Å². The van der Waals surface area contributed by atoms with Gasteiger partial charge in [-0.15, -0.1) is 0 Å². The van der Waals surface area contributed by atoms with Crippen LogP contribution in [0.25, 0.3) is 0 Å². The highest BCUT2D eigenvalue weighted by Crippen LogP contribution is 2.23. The molecule has 1 aromatic heterocycles. The maximum Gasteiger partial charge on any atom is 0.122 e. The molecule has 0 aliphatic heterocycles. The molecule has 0 atom stereocenters. The molecular weight excluding hydrogens is 224 g/mol. The molecule has 1 saturated carbocycles. The van der Waals surface area contributed by atoms with E-state index < -0.39 is 0 Å². The van der Waals surface area contributed by atoms with Crippen LogP contribution >= 0.6 is 0 Å². The summed E-state index contributed by atoms with van der Waals surface area (Å²) < 4.78 is 2.09. The average molecular weight is 250 g/mol. The Balaban J connectivity index is 1.57. The summed E-state index contributed by atoms with van der Waals surface area (Å²) in [5.74, 6) is 2.07. The van der Waals surface area contributed by atoms with E-state index in [2.05, 4.69) is 33.9 Å². The molecule has 1 aliphatic carbocycles. The lowest BCUT2D eigenvalue weighted by atomic mass is 10.1. The van der Waals surface area contributed by atoms with Crippen molar-refractivity contribution in [3.63, 3.8) is 0 Å². The summed E-state index contributed by atoms with van der Waals surface area (Å²) in [6.07, 6.45) is 9.59. The van der Waals surface area contributed by atoms with E-state index in [1.54, 1.807) is 0 Å². The Hall–Kier alpha value is -0.870. The standard InChI is InChI=1S/C14H26N4/c1-17(12-14-16-8-10-18(14)2)9-7-15-11-13-5-3-4-6-13/h8,10,13,15H,3-7,9,11-12H2,1-2H3. The van der Waals surface area contributed by atoms with Crippen LogP contribution < -0.4 is 5.32 Å². The second kappa shape index (κ2) is 6.90. The smallest absolute Gasteiger partial charge is 0.122 e. The second-order valence-electron chi connectivity index (χ2n) is 5.55. The van der Waals surface area contributed by atoms with Gasteiger partial charge in [0.2, 0.25) is 0 Å². The zero-order valence-corrected chi connectivity index (χ0v) is 11.7. The van der Waals surface area contributed by atoms with Crippen LogP contribution in [0.15, 0.2) is 12.4 Å². The van der Waals surface area contributed by atoms with Gasteiger partial charge in [-0.3, -0.25) is 4.90 Å². The van der Waals surface area contributed by atoms with Gasteiger partial charge in [-0.25, -0.2) is 4.98 Å². The summed E-state index contributed by atoms with van der Waals surface area (Å²) in [5, 5.41) is 3.58. The molecule has 102 valence electrons. The predicted octanol–water partition coefficient (Wildman–Crippen LogP) is 1.63. The lowest BCUT2D eigenvalue weighted by Crippen LogP contribution is -2.31. The number of hydrogen-bond acceptors (Lipinski definition) is 3. The fraction of sp³-hybridized carbons (Fsp3) is 0.786. The molecule has 4 heteroatoms. The molecule has 0 unspecified atom stereocenters. The average Bonchev–Trinajstić information content (AvgIpc) is 2.98. The molecule has 1 aromatic rings. The predicted molar refractivity (Wildman–Crippen MR) is 74.4 cm³/mol.